The number of ether oxygens (including phenoxy) is 2. The standard InChI is InChI=1S/C17H14N2O3/c1-21-12-5-2-10(3-6-12)16-13-7-4-11(20)8-15(13)22-17(19)14(16)9-18/h2-8,16,20H,19H2,1H3/t16-/m0/s1. The van der Waals surface area contributed by atoms with Gasteiger partial charge in [-0.1, -0.05) is 18.2 Å². The van der Waals surface area contributed by atoms with Crippen LogP contribution in [-0.2, 0) is 0 Å². The van der Waals surface area contributed by atoms with Gasteiger partial charge in [0.05, 0.1) is 13.0 Å². The average Bonchev–Trinajstić information content (AvgIpc) is 2.53. The van der Waals surface area contributed by atoms with Crippen molar-refractivity contribution in [2.24, 2.45) is 5.73 Å². The number of allylic oxidation sites excluding steroid dienone is 1. The van der Waals surface area contributed by atoms with Crippen molar-refractivity contribution in [3.63, 3.8) is 0 Å². The molecule has 0 spiro atoms. The summed E-state index contributed by atoms with van der Waals surface area (Å²) in [4.78, 5) is 0. The first-order valence-electron chi connectivity index (χ1n) is 6.68. The Morgan fingerprint density at radius 3 is 2.59 bits per heavy atom. The maximum absolute atomic E-state index is 9.60. The number of hydrogen-bond donors (Lipinski definition) is 2. The summed E-state index contributed by atoms with van der Waals surface area (Å²) in [5.41, 5.74) is 7.90. The second-order valence-electron chi connectivity index (χ2n) is 4.92. The lowest BCUT2D eigenvalue weighted by molar-refractivity contribution is 0.388. The zero-order valence-corrected chi connectivity index (χ0v) is 11.9. The van der Waals surface area contributed by atoms with Crippen LogP contribution in [-0.4, -0.2) is 12.2 Å². The van der Waals surface area contributed by atoms with Gasteiger partial charge in [-0.25, -0.2) is 0 Å². The molecule has 5 heteroatoms. The Morgan fingerprint density at radius 1 is 1.23 bits per heavy atom. The number of nitriles is 1. The Kier molecular flexibility index (Phi) is 3.36. The molecule has 3 rings (SSSR count). The van der Waals surface area contributed by atoms with Gasteiger partial charge in [0.25, 0.3) is 0 Å². The Morgan fingerprint density at radius 2 is 1.95 bits per heavy atom. The van der Waals surface area contributed by atoms with Crippen molar-refractivity contribution in [2.45, 2.75) is 5.92 Å². The molecule has 1 aliphatic heterocycles. The second-order valence-corrected chi connectivity index (χ2v) is 4.92. The predicted molar refractivity (Wildman–Crippen MR) is 80.4 cm³/mol. The molecule has 0 saturated heterocycles. The summed E-state index contributed by atoms with van der Waals surface area (Å²) in [7, 11) is 1.60. The van der Waals surface area contributed by atoms with Crippen LogP contribution in [0.3, 0.4) is 0 Å². The highest BCUT2D eigenvalue weighted by Gasteiger charge is 2.30. The summed E-state index contributed by atoms with van der Waals surface area (Å²) in [5, 5.41) is 19.0. The van der Waals surface area contributed by atoms with E-state index in [1.54, 1.807) is 19.2 Å². The van der Waals surface area contributed by atoms with Gasteiger partial charge >= 0.3 is 0 Å². The highest BCUT2D eigenvalue weighted by molar-refractivity contribution is 5.57. The van der Waals surface area contributed by atoms with Crippen LogP contribution in [0, 0.1) is 11.3 Å². The topological polar surface area (TPSA) is 88.5 Å². The van der Waals surface area contributed by atoms with Gasteiger partial charge in [0.2, 0.25) is 5.88 Å². The maximum Gasteiger partial charge on any atom is 0.205 e. The Labute approximate surface area is 127 Å². The molecule has 0 amide bonds. The molecule has 1 atom stereocenters. The molecule has 0 aromatic heterocycles. The normalized spacial score (nSPS) is 16.5. The molecule has 0 bridgehead atoms. The van der Waals surface area contributed by atoms with Gasteiger partial charge in [-0.05, 0) is 23.8 Å². The van der Waals surface area contributed by atoms with Crippen LogP contribution in [0.5, 0.6) is 17.2 Å². The van der Waals surface area contributed by atoms with Crippen molar-refractivity contribution in [3.05, 3.63) is 65.0 Å². The Hall–Kier alpha value is -3.13. The van der Waals surface area contributed by atoms with Gasteiger partial charge in [-0.15, -0.1) is 0 Å². The van der Waals surface area contributed by atoms with Crippen molar-refractivity contribution in [2.75, 3.05) is 7.11 Å². The zero-order chi connectivity index (χ0) is 15.7. The van der Waals surface area contributed by atoms with Crippen LogP contribution in [0.15, 0.2) is 53.9 Å². The van der Waals surface area contributed by atoms with Crippen molar-refractivity contribution >= 4 is 0 Å². The van der Waals surface area contributed by atoms with Crippen molar-refractivity contribution in [3.8, 4) is 23.3 Å². The SMILES string of the molecule is COc1ccc([C@@H]2C(C#N)=C(N)Oc3cc(O)ccc32)cc1. The molecule has 2 aromatic carbocycles. The highest BCUT2D eigenvalue weighted by atomic mass is 16.5. The number of methoxy groups -OCH3 is 1. The average molecular weight is 294 g/mol. The van der Waals surface area contributed by atoms with Crippen molar-refractivity contribution in [1.29, 1.82) is 5.26 Å². The molecule has 0 unspecified atom stereocenters. The molecule has 3 N–H and O–H groups in total. The molecular formula is C17H14N2O3. The fourth-order valence-electron chi connectivity index (χ4n) is 2.58. The molecule has 0 aliphatic carbocycles. The quantitative estimate of drug-likeness (QED) is 0.888. The molecule has 5 nitrogen and oxygen atoms in total. The third-order valence-corrected chi connectivity index (χ3v) is 3.65. The van der Waals surface area contributed by atoms with E-state index in [9.17, 15) is 10.4 Å². The number of rotatable bonds is 2. The minimum Gasteiger partial charge on any atom is -0.508 e. The molecule has 0 fully saturated rings. The first-order chi connectivity index (χ1) is 10.6. The third kappa shape index (κ3) is 2.21. The van der Waals surface area contributed by atoms with E-state index in [2.05, 4.69) is 6.07 Å². The van der Waals surface area contributed by atoms with Crippen LogP contribution in [0.25, 0.3) is 0 Å². The van der Waals surface area contributed by atoms with Gasteiger partial charge in [0, 0.05) is 11.6 Å². The van der Waals surface area contributed by atoms with E-state index in [0.29, 0.717) is 11.3 Å². The smallest absolute Gasteiger partial charge is 0.205 e. The van der Waals surface area contributed by atoms with Crippen LogP contribution in [0.4, 0.5) is 0 Å². The summed E-state index contributed by atoms with van der Waals surface area (Å²) in [6.45, 7) is 0. The lowest BCUT2D eigenvalue weighted by Gasteiger charge is -2.26. The summed E-state index contributed by atoms with van der Waals surface area (Å²) >= 11 is 0. The number of fused-ring (bicyclic) bond motifs is 1. The number of hydrogen-bond acceptors (Lipinski definition) is 5. The fraction of sp³-hybridized carbons (Fsp3) is 0.118. The molecule has 1 aliphatic rings. The lowest BCUT2D eigenvalue weighted by Crippen LogP contribution is -2.20. The lowest BCUT2D eigenvalue weighted by atomic mass is 9.83. The van der Waals surface area contributed by atoms with E-state index >= 15 is 0 Å². The van der Waals surface area contributed by atoms with Gasteiger partial charge in [0.15, 0.2) is 0 Å². The minimum absolute atomic E-state index is 0.0569. The van der Waals surface area contributed by atoms with Gasteiger partial charge in [-0.3, -0.25) is 0 Å². The second kappa shape index (κ2) is 5.34. The highest BCUT2D eigenvalue weighted by Crippen LogP contribution is 2.43. The molecule has 0 radical (unpaired) electrons. The largest absolute Gasteiger partial charge is 0.508 e. The van der Waals surface area contributed by atoms with E-state index < -0.39 is 0 Å². The third-order valence-electron chi connectivity index (χ3n) is 3.65. The Bertz CT molecular complexity index is 789. The van der Waals surface area contributed by atoms with Crippen LogP contribution in [0.2, 0.25) is 0 Å². The van der Waals surface area contributed by atoms with Gasteiger partial charge in [0.1, 0.15) is 28.9 Å². The van der Waals surface area contributed by atoms with E-state index in [-0.39, 0.29) is 17.6 Å². The van der Waals surface area contributed by atoms with E-state index in [0.717, 1.165) is 16.9 Å². The molecular weight excluding hydrogens is 280 g/mol. The molecule has 0 saturated carbocycles. The van der Waals surface area contributed by atoms with Crippen LogP contribution >= 0.6 is 0 Å². The van der Waals surface area contributed by atoms with E-state index in [4.69, 9.17) is 15.2 Å². The Balaban J connectivity index is 2.16. The van der Waals surface area contributed by atoms with Crippen LogP contribution in [0.1, 0.15) is 17.0 Å². The van der Waals surface area contributed by atoms with E-state index in [1.807, 2.05) is 24.3 Å². The molecule has 2 aromatic rings. The van der Waals surface area contributed by atoms with Crippen molar-refractivity contribution in [1.82, 2.24) is 0 Å². The summed E-state index contributed by atoms with van der Waals surface area (Å²) in [6.07, 6.45) is 0. The summed E-state index contributed by atoms with van der Waals surface area (Å²) in [6, 6.07) is 14.3. The number of nitrogens with zero attached hydrogens (tertiary/aromatic N) is 1. The number of phenolic OH excluding ortho intramolecular Hbond substituents is 1. The maximum atomic E-state index is 9.60. The summed E-state index contributed by atoms with van der Waals surface area (Å²) < 4.78 is 10.6. The zero-order valence-electron chi connectivity index (χ0n) is 11.9. The number of benzene rings is 2. The van der Waals surface area contributed by atoms with Crippen molar-refractivity contribution < 1.29 is 14.6 Å². The molecule has 1 heterocycles. The molecule has 22 heavy (non-hydrogen) atoms. The predicted octanol–water partition coefficient (Wildman–Crippen LogP) is 2.62. The minimum atomic E-state index is -0.333. The monoisotopic (exact) mass is 294 g/mol. The summed E-state index contributed by atoms with van der Waals surface area (Å²) in [5.74, 6) is 0.997. The van der Waals surface area contributed by atoms with Crippen LogP contribution < -0.4 is 15.2 Å². The first-order valence-corrected chi connectivity index (χ1v) is 6.68. The number of phenols is 1. The van der Waals surface area contributed by atoms with E-state index in [1.165, 1.54) is 6.07 Å². The van der Waals surface area contributed by atoms with Gasteiger partial charge < -0.3 is 20.3 Å². The molecule has 110 valence electrons. The fourth-order valence-corrected chi connectivity index (χ4v) is 2.58. The first kappa shape index (κ1) is 13.8. The number of aromatic hydroxyl groups is 1. The van der Waals surface area contributed by atoms with Gasteiger partial charge in [-0.2, -0.15) is 5.26 Å². The number of nitrogens with two attached hydrogens (primary N) is 1.